The number of hydrogen-bond donors (Lipinski definition) is 5. The molecule has 7 rings (SSSR count). The molecule has 6 N–H and O–H groups in total. The smallest absolute Gasteiger partial charge is 0.280 e. The molecule has 7 heterocycles. The van der Waals surface area contributed by atoms with E-state index in [-0.39, 0.29) is 22.9 Å². The van der Waals surface area contributed by atoms with Crippen LogP contribution in [0.5, 0.6) is 0 Å². The molecular weight excluding hydrogens is 878 g/mol. The standard InChI is InChI=1S/C20H22FN10O9P2S2.Po/c21-11-14-9(38-19(11)31-6-27-13-17(31)28-20(23)29-18(13)32)3-36-41(33,43)39-7-1-10(37-8(7)2-35-42(34,44)40-14)30-5-26-12-15(22)24-4-25-16(12)30;/h1,4-11,14,19H,2-3H2,(H,33,43)(H,34,44)(H2,22,24,25)(H3,23,28,29,32);/t7-,8?,9?,10+,11+,14+,19+,41?,42?;/m0./s1. The maximum Gasteiger partial charge on any atom is 0.280 e. The van der Waals surface area contributed by atoms with Gasteiger partial charge < -0.3 is 5.73 Å². The quantitative estimate of drug-likeness (QED) is 0.134. The number of nitrogens with one attached hydrogen (secondary N) is 1. The molecule has 10 atom stereocenters. The molecule has 3 aliphatic heterocycles. The zero-order valence-corrected chi connectivity index (χ0v) is 29.0. The number of imidazole rings is 2. The van der Waals surface area contributed by atoms with Crippen LogP contribution in [0.25, 0.3) is 22.3 Å². The molecule has 4 aromatic rings. The van der Waals surface area contributed by atoms with Gasteiger partial charge in [0.2, 0.25) is 5.95 Å². The third kappa shape index (κ3) is 5.85. The third-order valence-electron chi connectivity index (χ3n) is 7.25. The van der Waals surface area contributed by atoms with Crippen LogP contribution in [0, 0.1) is 0 Å². The molecule has 3 saturated heterocycles. The van der Waals surface area contributed by atoms with Crippen molar-refractivity contribution >= 4 is 96.7 Å². The Hall–Kier alpha value is -1.72. The van der Waals surface area contributed by atoms with Gasteiger partial charge in [0.05, 0.1) is 0 Å². The van der Waals surface area contributed by atoms with E-state index >= 15 is 4.39 Å². The number of ether oxygens (including phenoxy) is 2. The summed E-state index contributed by atoms with van der Waals surface area (Å²) in [5.41, 5.74) is 11.5. The van der Waals surface area contributed by atoms with Gasteiger partial charge in [-0.2, -0.15) is 0 Å². The molecule has 0 aliphatic carbocycles. The van der Waals surface area contributed by atoms with Crippen molar-refractivity contribution in [3.63, 3.8) is 0 Å². The van der Waals surface area contributed by atoms with Crippen LogP contribution in [-0.4, -0.2) is 113 Å². The normalized spacial score (nSPS) is 37.7. The van der Waals surface area contributed by atoms with Gasteiger partial charge in [-0.1, -0.05) is 0 Å². The van der Waals surface area contributed by atoms with Crippen molar-refractivity contribution in [2.24, 2.45) is 0 Å². The minimum absolute atomic E-state index is 0.0687. The van der Waals surface area contributed by atoms with E-state index in [9.17, 15) is 14.3 Å². The van der Waals surface area contributed by atoms with Gasteiger partial charge in [-0.15, -0.1) is 0 Å². The Bertz CT molecular complexity index is 1950. The van der Waals surface area contributed by atoms with E-state index in [2.05, 4.69) is 42.2 Å². The topological polar surface area (TPSA) is 252 Å². The second-order valence-electron chi connectivity index (χ2n) is 10.1. The first kappa shape index (κ1) is 31.9. The second kappa shape index (κ2) is 11.8. The summed E-state index contributed by atoms with van der Waals surface area (Å²) in [6.07, 6.45) is -5.17. The molecule has 3 aliphatic rings. The number of halogens is 1. The number of rotatable bonds is 2. The first-order chi connectivity index (χ1) is 21.3. The van der Waals surface area contributed by atoms with Gasteiger partial charge in [-0.25, -0.2) is 0 Å². The summed E-state index contributed by atoms with van der Waals surface area (Å²) in [4.78, 5) is 46.0. The predicted molar refractivity (Wildman–Crippen MR) is 159 cm³/mol. The van der Waals surface area contributed by atoms with Gasteiger partial charge in [0.25, 0.3) is 5.56 Å². The molecule has 0 aromatic carbocycles. The van der Waals surface area contributed by atoms with E-state index in [0.717, 1.165) is 36.0 Å². The Balaban J connectivity index is 1.17. The summed E-state index contributed by atoms with van der Waals surface area (Å²) in [6, 6.07) is 0. The van der Waals surface area contributed by atoms with Gasteiger partial charge in [0.15, 0.2) is 0 Å². The van der Waals surface area contributed by atoms with Crippen molar-refractivity contribution < 1.29 is 41.4 Å². The molecule has 45 heavy (non-hydrogen) atoms. The number of aromatic nitrogens is 8. The molecule has 5 unspecified atom stereocenters. The van der Waals surface area contributed by atoms with Gasteiger partial charge in [0, 0.05) is 0 Å². The molecule has 3 fully saturated rings. The van der Waals surface area contributed by atoms with Crippen LogP contribution in [0.2, 0.25) is 3.58 Å². The fourth-order valence-corrected chi connectivity index (χ4v) is 10.2. The van der Waals surface area contributed by atoms with E-state index < -0.39 is 78.9 Å². The number of alkyl halides is 1. The molecule has 241 valence electrons. The summed E-state index contributed by atoms with van der Waals surface area (Å²) < 4.78 is 66.6. The van der Waals surface area contributed by atoms with Gasteiger partial charge >= 0.3 is 251 Å². The summed E-state index contributed by atoms with van der Waals surface area (Å²) in [6.45, 7) is -9.30. The second-order valence-corrected chi connectivity index (χ2v) is 17.8. The number of nitrogen functional groups attached to an aromatic ring is 2. The van der Waals surface area contributed by atoms with Crippen LogP contribution in [0.3, 0.4) is 0 Å². The number of fused-ring (bicyclic) bond motifs is 4. The number of aromatic amines is 1. The Morgan fingerprint density at radius 2 is 1.69 bits per heavy atom. The molecule has 1 radical (unpaired) electrons. The summed E-state index contributed by atoms with van der Waals surface area (Å²) in [5, 5.41) is 0. The van der Waals surface area contributed by atoms with Gasteiger partial charge in [0.1, 0.15) is 0 Å². The first-order valence-corrected chi connectivity index (χ1v) is 20.0. The van der Waals surface area contributed by atoms with E-state index in [1.165, 1.54) is 12.7 Å². The first-order valence-electron chi connectivity index (χ1n) is 12.9. The van der Waals surface area contributed by atoms with Crippen molar-refractivity contribution in [1.82, 2.24) is 39.0 Å². The summed E-state index contributed by atoms with van der Waals surface area (Å²) >= 11 is 10.4. The van der Waals surface area contributed by atoms with Crippen molar-refractivity contribution in [3.05, 3.63) is 29.3 Å². The maximum absolute atomic E-state index is 16.0. The monoisotopic (exact) mass is 900 g/mol. The van der Waals surface area contributed by atoms with E-state index in [1.54, 1.807) is 4.57 Å². The molecule has 4 aromatic heterocycles. The molecule has 0 amide bonds. The zero-order chi connectivity index (χ0) is 31.8. The van der Waals surface area contributed by atoms with Crippen LogP contribution in [0.4, 0.5) is 16.2 Å². The fraction of sp³-hybridized carbons (Fsp3) is 0.500. The van der Waals surface area contributed by atoms with Crippen LogP contribution in [0.1, 0.15) is 12.5 Å². The fourth-order valence-electron chi connectivity index (χ4n) is 5.26. The minimum atomic E-state index is -4.17. The molecule has 0 bridgehead atoms. The maximum atomic E-state index is 16.0. The summed E-state index contributed by atoms with van der Waals surface area (Å²) in [5.74, 6) is -0.0588. The summed E-state index contributed by atoms with van der Waals surface area (Å²) in [7, 11) is 0. The molecule has 19 nitrogen and oxygen atoms in total. The average molecular weight is 901 g/mol. The van der Waals surface area contributed by atoms with Crippen molar-refractivity contribution in [2.75, 3.05) is 24.7 Å². The number of nitrogens with zero attached hydrogens (tertiary/aromatic N) is 7. The van der Waals surface area contributed by atoms with Crippen molar-refractivity contribution in [2.45, 2.75) is 46.6 Å². The van der Waals surface area contributed by atoms with Crippen LogP contribution in [-0.2, 0) is 43.9 Å². The van der Waals surface area contributed by atoms with Crippen LogP contribution >= 0.6 is 25.8 Å². The number of nitrogens with two attached hydrogens (primary N) is 2. The Morgan fingerprint density at radius 3 is 2.47 bits per heavy atom. The van der Waals surface area contributed by atoms with Gasteiger partial charge in [-0.3, -0.25) is 9.78 Å². The van der Waals surface area contributed by atoms with E-state index in [4.69, 9.17) is 50.8 Å². The Morgan fingerprint density at radius 1 is 1.02 bits per heavy atom. The largest absolute Gasteiger partial charge is 0.291 e. The number of anilines is 2. The molecule has 25 heteroatoms. The van der Waals surface area contributed by atoms with Gasteiger partial charge in [-0.05, 0) is 0 Å². The van der Waals surface area contributed by atoms with Crippen LogP contribution in [0.15, 0.2) is 23.8 Å². The number of hydrogen-bond acceptors (Lipinski definition) is 16. The Labute approximate surface area is 276 Å². The number of H-pyrrole nitrogens is 1. The minimum Gasteiger partial charge on any atom is -0.291 e. The zero-order valence-electron chi connectivity index (χ0n) is 22.3. The Kier molecular flexibility index (Phi) is 8.32. The van der Waals surface area contributed by atoms with E-state index in [1.807, 2.05) is 0 Å². The van der Waals surface area contributed by atoms with Crippen molar-refractivity contribution in [1.29, 1.82) is 0 Å². The molecule has 0 spiro atoms. The number of thiol groups is 1. The predicted octanol–water partition coefficient (Wildman–Crippen LogP) is 0.286. The SMILES string of the molecule is Nc1nc2c(ncn2[C@@H]2OC3COP(=O)(S)O[C@@H]4C(COP(O)(=S)O[C@H]3[C@H]2F)O[C@@H](n2cnc3c(N)ncnc32)[CH]4[Po])c(=O)[nH]1. The molecular formula is C20H22FN10O9P2PoS2. The van der Waals surface area contributed by atoms with E-state index in [0.29, 0.717) is 11.2 Å². The van der Waals surface area contributed by atoms with Crippen molar-refractivity contribution in [3.8, 4) is 0 Å². The molecule has 0 saturated carbocycles. The average Bonchev–Trinajstić information content (AvgIpc) is 3.72. The van der Waals surface area contributed by atoms with Crippen LogP contribution < -0.4 is 17.0 Å². The third-order valence-corrected chi connectivity index (χ3v) is 12.4.